The summed E-state index contributed by atoms with van der Waals surface area (Å²) in [6, 6.07) is 9.17. The van der Waals surface area contributed by atoms with E-state index in [-0.39, 0.29) is 5.75 Å². The summed E-state index contributed by atoms with van der Waals surface area (Å²) in [6.07, 6.45) is 1.98. The van der Waals surface area contributed by atoms with Gasteiger partial charge in [0.25, 0.3) is 0 Å². The lowest BCUT2D eigenvalue weighted by Gasteiger charge is -2.01. The number of aromatic hydroxyl groups is 1. The molecule has 0 amide bonds. The molecule has 0 fully saturated rings. The molecule has 0 bridgehead atoms. The number of phenolic OH excluding ortho intramolecular Hbond substituents is 1. The molecular formula is C10H9NOS. The molecule has 1 heterocycles. The van der Waals surface area contributed by atoms with Crippen LogP contribution >= 0.6 is 11.8 Å². The smallest absolute Gasteiger partial charge is 0.124 e. The molecular weight excluding hydrogens is 182 g/mol. The molecule has 2 nitrogen and oxygen atoms in total. The van der Waals surface area contributed by atoms with Gasteiger partial charge in [-0.05, 0) is 30.5 Å². The maximum absolute atomic E-state index is 9.49. The average molecular weight is 191 g/mol. The minimum atomic E-state index is 0.289. The highest BCUT2D eigenvalue weighted by Gasteiger charge is 2.00. The highest BCUT2D eigenvalue weighted by atomic mass is 32.2. The van der Waals surface area contributed by atoms with E-state index in [1.807, 2.05) is 24.5 Å². The molecule has 2 rings (SSSR count). The van der Waals surface area contributed by atoms with Crippen molar-refractivity contribution in [1.29, 1.82) is 0 Å². The van der Waals surface area contributed by atoms with E-state index in [4.69, 9.17) is 0 Å². The second-order valence-corrected chi connectivity index (χ2v) is 3.52. The minimum absolute atomic E-state index is 0.289. The zero-order valence-corrected chi connectivity index (χ0v) is 8.01. The summed E-state index contributed by atoms with van der Waals surface area (Å²) < 4.78 is 0. The molecule has 1 N–H and O–H groups in total. The predicted octanol–water partition coefficient (Wildman–Crippen LogP) is 2.66. The van der Waals surface area contributed by atoms with Crippen LogP contribution in [-0.2, 0) is 0 Å². The minimum Gasteiger partial charge on any atom is -0.507 e. The van der Waals surface area contributed by atoms with E-state index >= 15 is 0 Å². The zero-order chi connectivity index (χ0) is 9.26. The van der Waals surface area contributed by atoms with Gasteiger partial charge in [-0.25, -0.2) is 4.98 Å². The van der Waals surface area contributed by atoms with Gasteiger partial charge in [0.2, 0.25) is 0 Å². The molecule has 0 saturated heterocycles. The van der Waals surface area contributed by atoms with Crippen molar-refractivity contribution >= 4 is 22.7 Å². The molecule has 0 atom stereocenters. The van der Waals surface area contributed by atoms with Crippen LogP contribution in [0.3, 0.4) is 0 Å². The maximum Gasteiger partial charge on any atom is 0.124 e. The third kappa shape index (κ3) is 1.47. The van der Waals surface area contributed by atoms with Crippen LogP contribution in [0.2, 0.25) is 0 Å². The Hall–Kier alpha value is -1.22. The first-order chi connectivity index (χ1) is 6.31. The van der Waals surface area contributed by atoms with E-state index in [0.717, 1.165) is 15.9 Å². The number of aromatic nitrogens is 1. The number of fused-ring (bicyclic) bond motifs is 1. The number of pyridine rings is 1. The van der Waals surface area contributed by atoms with Gasteiger partial charge < -0.3 is 5.11 Å². The Balaban J connectivity index is 2.72. The van der Waals surface area contributed by atoms with E-state index in [0.29, 0.717) is 0 Å². The lowest BCUT2D eigenvalue weighted by Crippen LogP contribution is -1.81. The highest BCUT2D eigenvalue weighted by Crippen LogP contribution is 2.24. The van der Waals surface area contributed by atoms with Crippen LogP contribution in [-0.4, -0.2) is 16.3 Å². The fourth-order valence-electron chi connectivity index (χ4n) is 1.23. The van der Waals surface area contributed by atoms with Crippen LogP contribution in [0.5, 0.6) is 5.75 Å². The van der Waals surface area contributed by atoms with Gasteiger partial charge in [-0.15, -0.1) is 11.8 Å². The number of nitrogens with zero attached hydrogens (tertiary/aromatic N) is 1. The molecule has 0 aliphatic rings. The number of rotatable bonds is 1. The lowest BCUT2D eigenvalue weighted by atomic mass is 10.2. The summed E-state index contributed by atoms with van der Waals surface area (Å²) in [5.41, 5.74) is 0.840. The summed E-state index contributed by atoms with van der Waals surface area (Å²) in [5, 5.41) is 11.3. The van der Waals surface area contributed by atoms with Gasteiger partial charge in [-0.2, -0.15) is 0 Å². The number of benzene rings is 1. The van der Waals surface area contributed by atoms with Crippen molar-refractivity contribution in [3.8, 4) is 5.75 Å². The number of phenols is 1. The number of hydrogen-bond donors (Lipinski definition) is 1. The van der Waals surface area contributed by atoms with E-state index in [1.54, 1.807) is 23.9 Å². The van der Waals surface area contributed by atoms with Gasteiger partial charge in [0.15, 0.2) is 0 Å². The zero-order valence-electron chi connectivity index (χ0n) is 7.19. The Morgan fingerprint density at radius 3 is 2.85 bits per heavy atom. The third-order valence-electron chi connectivity index (χ3n) is 1.89. The first-order valence-electron chi connectivity index (χ1n) is 3.94. The van der Waals surface area contributed by atoms with Crippen molar-refractivity contribution < 1.29 is 5.11 Å². The van der Waals surface area contributed by atoms with Crippen LogP contribution in [0.15, 0.2) is 35.4 Å². The molecule has 0 radical (unpaired) electrons. The van der Waals surface area contributed by atoms with Crippen LogP contribution in [0.25, 0.3) is 10.9 Å². The predicted molar refractivity (Wildman–Crippen MR) is 55.2 cm³/mol. The Bertz CT molecular complexity index is 442. The van der Waals surface area contributed by atoms with Gasteiger partial charge in [0.05, 0.1) is 10.5 Å². The Kier molecular flexibility index (Phi) is 2.10. The Morgan fingerprint density at radius 2 is 2.08 bits per heavy atom. The fraction of sp³-hybridized carbons (Fsp3) is 0.100. The molecule has 1 aromatic heterocycles. The van der Waals surface area contributed by atoms with E-state index in [9.17, 15) is 5.11 Å². The molecule has 1 aromatic carbocycles. The quantitative estimate of drug-likeness (QED) is 0.703. The molecule has 13 heavy (non-hydrogen) atoms. The summed E-state index contributed by atoms with van der Waals surface area (Å²) in [7, 11) is 0. The van der Waals surface area contributed by atoms with E-state index < -0.39 is 0 Å². The molecule has 0 aliphatic carbocycles. The molecule has 66 valence electrons. The fourth-order valence-corrected chi connectivity index (χ4v) is 1.63. The monoisotopic (exact) mass is 191 g/mol. The first kappa shape index (κ1) is 8.38. The van der Waals surface area contributed by atoms with E-state index in [2.05, 4.69) is 4.98 Å². The Labute approximate surface area is 80.6 Å². The molecule has 3 heteroatoms. The van der Waals surface area contributed by atoms with Crippen molar-refractivity contribution in [1.82, 2.24) is 4.98 Å². The van der Waals surface area contributed by atoms with Crippen LogP contribution in [0, 0.1) is 0 Å². The second kappa shape index (κ2) is 3.26. The van der Waals surface area contributed by atoms with Crippen molar-refractivity contribution in [2.45, 2.75) is 5.03 Å². The summed E-state index contributed by atoms with van der Waals surface area (Å²) >= 11 is 1.60. The third-order valence-corrected chi connectivity index (χ3v) is 2.54. The molecule has 0 saturated carbocycles. The largest absolute Gasteiger partial charge is 0.507 e. The van der Waals surface area contributed by atoms with Gasteiger partial charge in [0.1, 0.15) is 5.75 Å². The normalized spacial score (nSPS) is 10.5. The van der Waals surface area contributed by atoms with E-state index in [1.165, 1.54) is 0 Å². The van der Waals surface area contributed by atoms with Crippen molar-refractivity contribution in [2.75, 3.05) is 6.26 Å². The molecule has 2 aromatic rings. The van der Waals surface area contributed by atoms with Crippen LogP contribution in [0.1, 0.15) is 0 Å². The number of hydrogen-bond acceptors (Lipinski definition) is 3. The summed E-state index contributed by atoms with van der Waals surface area (Å²) in [5.74, 6) is 0.289. The molecule has 0 unspecified atom stereocenters. The molecule has 0 spiro atoms. The van der Waals surface area contributed by atoms with Crippen molar-refractivity contribution in [3.05, 3.63) is 30.3 Å². The van der Waals surface area contributed by atoms with Gasteiger partial charge in [0, 0.05) is 5.39 Å². The second-order valence-electron chi connectivity index (χ2n) is 2.70. The highest BCUT2D eigenvalue weighted by molar-refractivity contribution is 7.98. The summed E-state index contributed by atoms with van der Waals surface area (Å²) in [4.78, 5) is 4.36. The van der Waals surface area contributed by atoms with Gasteiger partial charge in [-0.3, -0.25) is 0 Å². The van der Waals surface area contributed by atoms with Gasteiger partial charge in [-0.1, -0.05) is 6.07 Å². The van der Waals surface area contributed by atoms with Crippen molar-refractivity contribution in [3.63, 3.8) is 0 Å². The van der Waals surface area contributed by atoms with Gasteiger partial charge >= 0.3 is 0 Å². The topological polar surface area (TPSA) is 33.1 Å². The lowest BCUT2D eigenvalue weighted by molar-refractivity contribution is 0.481. The maximum atomic E-state index is 9.49. The first-order valence-corrected chi connectivity index (χ1v) is 5.16. The average Bonchev–Trinajstić information content (AvgIpc) is 2.18. The molecule has 0 aliphatic heterocycles. The van der Waals surface area contributed by atoms with Crippen LogP contribution in [0.4, 0.5) is 0 Å². The Morgan fingerprint density at radius 1 is 1.23 bits per heavy atom. The standard InChI is InChI=1S/C10H9NOS/c1-13-10-6-5-7-8(11-10)3-2-4-9(7)12/h2-6,12H,1H3. The van der Waals surface area contributed by atoms with Crippen LogP contribution < -0.4 is 0 Å². The van der Waals surface area contributed by atoms with Crippen molar-refractivity contribution in [2.24, 2.45) is 0 Å². The summed E-state index contributed by atoms with van der Waals surface area (Å²) in [6.45, 7) is 0. The SMILES string of the molecule is CSc1ccc2c(O)cccc2n1. The number of thioether (sulfide) groups is 1.